The lowest BCUT2D eigenvalue weighted by atomic mass is 9.93. The van der Waals surface area contributed by atoms with Gasteiger partial charge in [-0.3, -0.25) is 0 Å². The predicted molar refractivity (Wildman–Crippen MR) is 66.3 cm³/mol. The third kappa shape index (κ3) is 5.25. The predicted octanol–water partition coefficient (Wildman–Crippen LogP) is 1.50. The minimum Gasteiger partial charge on any atom is -0.449 e. The van der Waals surface area contributed by atoms with E-state index in [-0.39, 0.29) is 18.6 Å². The Labute approximate surface area is 107 Å². The molecule has 104 valence electrons. The fourth-order valence-corrected chi connectivity index (χ4v) is 1.35. The molecule has 2 amide bonds. The Morgan fingerprint density at radius 2 is 1.22 bits per heavy atom. The molecule has 1 aliphatic heterocycles. The molecule has 1 rings (SSSR count). The van der Waals surface area contributed by atoms with Crippen LogP contribution in [0.1, 0.15) is 27.7 Å². The molecule has 6 nitrogen and oxygen atoms in total. The van der Waals surface area contributed by atoms with Crippen molar-refractivity contribution >= 4 is 12.2 Å². The molecule has 0 aliphatic carbocycles. The number of nitrogens with one attached hydrogen (secondary N) is 2. The van der Waals surface area contributed by atoms with E-state index >= 15 is 0 Å². The summed E-state index contributed by atoms with van der Waals surface area (Å²) in [5.41, 5.74) is -0.657. The van der Waals surface area contributed by atoms with Crippen LogP contribution in [0.15, 0.2) is 0 Å². The van der Waals surface area contributed by atoms with E-state index in [1.807, 2.05) is 27.7 Å². The van der Waals surface area contributed by atoms with Crippen LogP contribution in [0.2, 0.25) is 0 Å². The van der Waals surface area contributed by atoms with Gasteiger partial charge in [0.05, 0.1) is 0 Å². The molecule has 2 N–H and O–H groups in total. The molecule has 1 aliphatic rings. The van der Waals surface area contributed by atoms with E-state index in [0.717, 1.165) is 0 Å². The zero-order chi connectivity index (χ0) is 13.8. The van der Waals surface area contributed by atoms with Crippen LogP contribution in [0, 0.1) is 10.8 Å². The summed E-state index contributed by atoms with van der Waals surface area (Å²) in [5, 5.41) is 5.38. The van der Waals surface area contributed by atoms with Gasteiger partial charge >= 0.3 is 12.2 Å². The molecule has 0 unspecified atom stereocenters. The Balaban J connectivity index is 2.66. The second kappa shape index (κ2) is 5.46. The van der Waals surface area contributed by atoms with Gasteiger partial charge in [0.25, 0.3) is 0 Å². The summed E-state index contributed by atoms with van der Waals surface area (Å²) in [7, 11) is 0. The highest BCUT2D eigenvalue weighted by molar-refractivity contribution is 5.68. The average Bonchev–Trinajstić information content (AvgIpc) is 2.28. The van der Waals surface area contributed by atoms with Crippen molar-refractivity contribution in [3.63, 3.8) is 0 Å². The van der Waals surface area contributed by atoms with Gasteiger partial charge in [-0.1, -0.05) is 27.7 Å². The Bertz CT molecular complexity index is 270. The lowest BCUT2D eigenvalue weighted by Crippen LogP contribution is -2.44. The van der Waals surface area contributed by atoms with Crippen LogP contribution >= 0.6 is 0 Å². The second-order valence-electron chi connectivity index (χ2n) is 6.19. The van der Waals surface area contributed by atoms with Gasteiger partial charge in [0.1, 0.15) is 13.2 Å². The molecule has 0 atom stereocenters. The first kappa shape index (κ1) is 14.6. The number of alkyl carbamates (subject to hydrolysis) is 2. The van der Waals surface area contributed by atoms with E-state index in [1.54, 1.807) is 0 Å². The summed E-state index contributed by atoms with van der Waals surface area (Å²) in [6, 6.07) is 0. The molecular weight excluding hydrogens is 236 g/mol. The van der Waals surface area contributed by atoms with E-state index < -0.39 is 17.6 Å². The summed E-state index contributed by atoms with van der Waals surface area (Å²) in [4.78, 5) is 23.0. The molecule has 0 saturated carbocycles. The first-order valence-corrected chi connectivity index (χ1v) is 6.02. The summed E-state index contributed by atoms with van der Waals surface area (Å²) in [5.74, 6) is 0. The normalized spacial score (nSPS) is 24.4. The lowest BCUT2D eigenvalue weighted by Gasteiger charge is -2.28. The van der Waals surface area contributed by atoms with Gasteiger partial charge < -0.3 is 20.1 Å². The number of amides is 2. The summed E-state index contributed by atoms with van der Waals surface area (Å²) in [6.45, 7) is 8.84. The molecule has 6 heteroatoms. The molecular formula is C12H22N2O4. The fourth-order valence-electron chi connectivity index (χ4n) is 1.35. The molecule has 1 heterocycles. The summed E-state index contributed by atoms with van der Waals surface area (Å²) >= 11 is 0. The van der Waals surface area contributed by atoms with Crippen molar-refractivity contribution in [2.75, 3.05) is 26.3 Å². The molecule has 18 heavy (non-hydrogen) atoms. The monoisotopic (exact) mass is 258 g/mol. The standard InChI is InChI=1S/C12H22N2O4/c1-11(2)5-13-9(15)17-7-12(3,4)8-18-10(16)14-6-11/h5-8H2,1-4H3,(H,13,15)(H,14,16). The topological polar surface area (TPSA) is 76.7 Å². The lowest BCUT2D eigenvalue weighted by molar-refractivity contribution is 0.0421. The fraction of sp³-hybridized carbons (Fsp3) is 0.833. The van der Waals surface area contributed by atoms with Gasteiger partial charge in [-0.15, -0.1) is 0 Å². The maximum absolute atomic E-state index is 11.5. The van der Waals surface area contributed by atoms with E-state index in [1.165, 1.54) is 0 Å². The van der Waals surface area contributed by atoms with Crippen LogP contribution in [0.4, 0.5) is 9.59 Å². The Morgan fingerprint density at radius 1 is 0.833 bits per heavy atom. The largest absolute Gasteiger partial charge is 0.449 e. The molecule has 0 aromatic heterocycles. The van der Waals surface area contributed by atoms with Gasteiger partial charge in [0.2, 0.25) is 0 Å². The van der Waals surface area contributed by atoms with E-state index in [4.69, 9.17) is 9.47 Å². The van der Waals surface area contributed by atoms with Crippen molar-refractivity contribution in [2.24, 2.45) is 10.8 Å². The van der Waals surface area contributed by atoms with E-state index in [2.05, 4.69) is 10.6 Å². The minimum atomic E-state index is -0.442. The molecule has 0 bridgehead atoms. The van der Waals surface area contributed by atoms with E-state index in [0.29, 0.717) is 13.1 Å². The van der Waals surface area contributed by atoms with Crippen LogP contribution < -0.4 is 10.6 Å². The number of ether oxygens (including phenoxy) is 2. The van der Waals surface area contributed by atoms with Crippen LogP contribution in [0.5, 0.6) is 0 Å². The zero-order valence-corrected chi connectivity index (χ0v) is 11.5. The number of hydrogen-bond acceptors (Lipinski definition) is 4. The number of hydrogen-bond donors (Lipinski definition) is 2. The number of carbonyl (C=O) groups is 2. The first-order chi connectivity index (χ1) is 8.20. The van der Waals surface area contributed by atoms with Crippen molar-refractivity contribution in [3.8, 4) is 0 Å². The molecule has 0 aromatic carbocycles. The SMILES string of the molecule is CC1(C)CNC(=O)OCC(C)(C)COC(=O)NC1. The number of carbonyl (C=O) groups excluding carboxylic acids is 2. The molecule has 1 saturated heterocycles. The van der Waals surface area contributed by atoms with Gasteiger partial charge in [0, 0.05) is 18.5 Å². The summed E-state index contributed by atoms with van der Waals surface area (Å²) in [6.07, 6.45) is -0.883. The van der Waals surface area contributed by atoms with Crippen molar-refractivity contribution in [1.29, 1.82) is 0 Å². The third-order valence-electron chi connectivity index (χ3n) is 2.61. The van der Waals surface area contributed by atoms with E-state index in [9.17, 15) is 9.59 Å². The minimum absolute atomic E-state index is 0.201. The maximum Gasteiger partial charge on any atom is 0.407 e. The highest BCUT2D eigenvalue weighted by atomic mass is 16.6. The molecule has 1 fully saturated rings. The van der Waals surface area contributed by atoms with Crippen molar-refractivity contribution in [1.82, 2.24) is 10.6 Å². The average molecular weight is 258 g/mol. The van der Waals surface area contributed by atoms with Crippen molar-refractivity contribution in [3.05, 3.63) is 0 Å². The molecule has 0 spiro atoms. The first-order valence-electron chi connectivity index (χ1n) is 6.02. The van der Waals surface area contributed by atoms with Gasteiger partial charge in [0.15, 0.2) is 0 Å². The van der Waals surface area contributed by atoms with Gasteiger partial charge in [-0.05, 0) is 5.41 Å². The number of cyclic esters (lactones) is 2. The number of rotatable bonds is 0. The highest BCUT2D eigenvalue weighted by Gasteiger charge is 2.26. The van der Waals surface area contributed by atoms with Gasteiger partial charge in [-0.25, -0.2) is 9.59 Å². The Morgan fingerprint density at radius 3 is 1.61 bits per heavy atom. The van der Waals surface area contributed by atoms with Crippen LogP contribution in [-0.4, -0.2) is 38.5 Å². The second-order valence-corrected chi connectivity index (χ2v) is 6.19. The van der Waals surface area contributed by atoms with Crippen molar-refractivity contribution < 1.29 is 19.1 Å². The van der Waals surface area contributed by atoms with Crippen LogP contribution in [0.25, 0.3) is 0 Å². The maximum atomic E-state index is 11.5. The summed E-state index contributed by atoms with van der Waals surface area (Å²) < 4.78 is 10.2. The highest BCUT2D eigenvalue weighted by Crippen LogP contribution is 2.17. The molecule has 0 radical (unpaired) electrons. The third-order valence-corrected chi connectivity index (χ3v) is 2.61. The van der Waals surface area contributed by atoms with Gasteiger partial charge in [-0.2, -0.15) is 0 Å². The smallest absolute Gasteiger partial charge is 0.407 e. The quantitative estimate of drug-likeness (QED) is 0.690. The Kier molecular flexibility index (Phi) is 4.43. The van der Waals surface area contributed by atoms with Crippen LogP contribution in [0.3, 0.4) is 0 Å². The zero-order valence-electron chi connectivity index (χ0n) is 11.5. The molecule has 0 aromatic rings. The Hall–Kier alpha value is -1.46. The van der Waals surface area contributed by atoms with Crippen LogP contribution in [-0.2, 0) is 9.47 Å². The van der Waals surface area contributed by atoms with Crippen molar-refractivity contribution in [2.45, 2.75) is 27.7 Å².